The Balaban J connectivity index is 2.12. The first-order valence-corrected chi connectivity index (χ1v) is 7.33. The number of ether oxygens (including phenoxy) is 1. The van der Waals surface area contributed by atoms with E-state index >= 15 is 0 Å². The minimum Gasteiger partial charge on any atom is -0.508 e. The van der Waals surface area contributed by atoms with Crippen LogP contribution in [0.5, 0.6) is 11.5 Å². The van der Waals surface area contributed by atoms with E-state index in [0.717, 1.165) is 0 Å². The monoisotopic (exact) mass is 323 g/mol. The molecule has 6 nitrogen and oxygen atoms in total. The Labute approximate surface area is 140 Å². The summed E-state index contributed by atoms with van der Waals surface area (Å²) in [6.45, 7) is 2.38. The molecule has 2 rings (SSSR count). The molecule has 0 aliphatic rings. The summed E-state index contributed by atoms with van der Waals surface area (Å²) < 4.78 is 5.47. The Morgan fingerprint density at radius 2 is 2.08 bits per heavy atom. The highest BCUT2D eigenvalue weighted by atomic mass is 16.5. The van der Waals surface area contributed by atoms with Gasteiger partial charge in [-0.05, 0) is 31.2 Å². The van der Waals surface area contributed by atoms with E-state index in [1.54, 1.807) is 24.3 Å². The van der Waals surface area contributed by atoms with Crippen LogP contribution in [0.4, 0.5) is 11.4 Å². The predicted molar refractivity (Wildman–Crippen MR) is 91.7 cm³/mol. The molecule has 2 aromatic carbocycles. The fraction of sp³-hybridized carbons (Fsp3) is 0.111. The first-order chi connectivity index (χ1) is 11.6. The number of para-hydroxylation sites is 2. The molecule has 0 saturated carbocycles. The number of nitrogens with zero attached hydrogens (tertiary/aromatic N) is 1. The fourth-order valence-corrected chi connectivity index (χ4v) is 1.95. The smallest absolute Gasteiger partial charge is 0.267 e. The van der Waals surface area contributed by atoms with E-state index in [-0.39, 0.29) is 11.3 Å². The van der Waals surface area contributed by atoms with Gasteiger partial charge in [-0.3, -0.25) is 4.79 Å². The molecule has 0 heterocycles. The number of hydrogen-bond donors (Lipinski definition) is 3. The SMILES string of the molecule is CCOc1ccccc1N/C=C(/C#N)C(=O)Nc1cccc(O)c1. The topological polar surface area (TPSA) is 94.4 Å². The van der Waals surface area contributed by atoms with Crippen LogP contribution in [0.3, 0.4) is 0 Å². The number of carbonyl (C=O) groups excluding carboxylic acids is 1. The second kappa shape index (κ2) is 8.25. The van der Waals surface area contributed by atoms with Crippen molar-refractivity contribution in [2.75, 3.05) is 17.2 Å². The molecule has 0 bridgehead atoms. The maximum Gasteiger partial charge on any atom is 0.267 e. The number of nitrogens with one attached hydrogen (secondary N) is 2. The molecule has 0 fully saturated rings. The van der Waals surface area contributed by atoms with Gasteiger partial charge >= 0.3 is 0 Å². The zero-order chi connectivity index (χ0) is 17.4. The van der Waals surface area contributed by atoms with E-state index in [2.05, 4.69) is 10.6 Å². The zero-order valence-electron chi connectivity index (χ0n) is 13.1. The number of carbonyl (C=O) groups is 1. The molecule has 0 radical (unpaired) electrons. The average Bonchev–Trinajstić information content (AvgIpc) is 2.57. The van der Waals surface area contributed by atoms with Gasteiger partial charge in [0.1, 0.15) is 23.1 Å². The van der Waals surface area contributed by atoms with Gasteiger partial charge in [0.2, 0.25) is 0 Å². The minimum absolute atomic E-state index is 0.0269. The normalized spacial score (nSPS) is 10.6. The molecule has 122 valence electrons. The highest BCUT2D eigenvalue weighted by Crippen LogP contribution is 2.24. The number of amides is 1. The summed E-state index contributed by atoms with van der Waals surface area (Å²) in [4.78, 5) is 12.1. The van der Waals surface area contributed by atoms with Gasteiger partial charge in [-0.25, -0.2) is 0 Å². The fourth-order valence-electron chi connectivity index (χ4n) is 1.95. The number of hydrogen-bond acceptors (Lipinski definition) is 5. The van der Waals surface area contributed by atoms with E-state index in [0.29, 0.717) is 23.7 Å². The van der Waals surface area contributed by atoms with Crippen LogP contribution in [0.15, 0.2) is 60.3 Å². The summed E-state index contributed by atoms with van der Waals surface area (Å²) >= 11 is 0. The lowest BCUT2D eigenvalue weighted by Gasteiger charge is -2.10. The van der Waals surface area contributed by atoms with Crippen LogP contribution in [0, 0.1) is 11.3 Å². The molecule has 0 atom stereocenters. The van der Waals surface area contributed by atoms with Gasteiger partial charge in [-0.1, -0.05) is 18.2 Å². The van der Waals surface area contributed by atoms with Crippen molar-refractivity contribution in [3.8, 4) is 17.6 Å². The third-order valence-electron chi connectivity index (χ3n) is 3.03. The van der Waals surface area contributed by atoms with Gasteiger partial charge < -0.3 is 20.5 Å². The van der Waals surface area contributed by atoms with Gasteiger partial charge in [0.05, 0.1) is 12.3 Å². The van der Waals surface area contributed by atoms with Crippen LogP contribution >= 0.6 is 0 Å². The number of aromatic hydroxyl groups is 1. The van der Waals surface area contributed by atoms with Crippen molar-refractivity contribution in [1.82, 2.24) is 0 Å². The molecule has 24 heavy (non-hydrogen) atoms. The Bertz CT molecular complexity index is 794. The Morgan fingerprint density at radius 1 is 1.29 bits per heavy atom. The van der Waals surface area contributed by atoms with E-state index in [1.807, 2.05) is 25.1 Å². The van der Waals surface area contributed by atoms with Gasteiger partial charge in [0.25, 0.3) is 5.91 Å². The summed E-state index contributed by atoms with van der Waals surface area (Å²) in [6.07, 6.45) is 1.32. The number of anilines is 2. The van der Waals surface area contributed by atoms with Crippen molar-refractivity contribution < 1.29 is 14.6 Å². The van der Waals surface area contributed by atoms with Crippen LogP contribution in [0.1, 0.15) is 6.92 Å². The molecule has 6 heteroatoms. The third kappa shape index (κ3) is 4.52. The van der Waals surface area contributed by atoms with Gasteiger partial charge in [0.15, 0.2) is 0 Å². The van der Waals surface area contributed by atoms with Crippen LogP contribution in [-0.2, 0) is 4.79 Å². The average molecular weight is 323 g/mol. The van der Waals surface area contributed by atoms with Crippen LogP contribution in [0.2, 0.25) is 0 Å². The summed E-state index contributed by atoms with van der Waals surface area (Å²) in [6, 6.07) is 15.2. The quantitative estimate of drug-likeness (QED) is 0.560. The van der Waals surface area contributed by atoms with Gasteiger partial charge in [0, 0.05) is 18.0 Å². The van der Waals surface area contributed by atoms with Crippen molar-refractivity contribution >= 4 is 17.3 Å². The maximum absolute atomic E-state index is 12.1. The highest BCUT2D eigenvalue weighted by molar-refractivity contribution is 6.06. The molecule has 3 N–H and O–H groups in total. The Hall–Kier alpha value is -3.46. The molecular formula is C18H17N3O3. The highest BCUT2D eigenvalue weighted by Gasteiger charge is 2.10. The molecule has 0 spiro atoms. The lowest BCUT2D eigenvalue weighted by atomic mass is 10.2. The van der Waals surface area contributed by atoms with Crippen LogP contribution in [0.25, 0.3) is 0 Å². The van der Waals surface area contributed by atoms with Crippen molar-refractivity contribution in [2.24, 2.45) is 0 Å². The van der Waals surface area contributed by atoms with E-state index in [1.165, 1.54) is 18.3 Å². The summed E-state index contributed by atoms with van der Waals surface area (Å²) in [5, 5.41) is 24.0. The summed E-state index contributed by atoms with van der Waals surface area (Å²) in [7, 11) is 0. The second-order valence-electron chi connectivity index (χ2n) is 4.75. The standard InChI is InChI=1S/C18H17N3O3/c1-2-24-17-9-4-3-8-16(17)20-12-13(11-19)18(23)21-14-6-5-7-15(22)10-14/h3-10,12,20,22H,2H2,1H3,(H,21,23)/b13-12-. The first-order valence-electron chi connectivity index (χ1n) is 7.33. The first kappa shape index (κ1) is 16.9. The zero-order valence-corrected chi connectivity index (χ0v) is 13.1. The van der Waals surface area contributed by atoms with Gasteiger partial charge in [-0.15, -0.1) is 0 Å². The van der Waals surface area contributed by atoms with E-state index in [4.69, 9.17) is 4.74 Å². The number of rotatable bonds is 6. The number of benzene rings is 2. The molecule has 1 amide bonds. The molecule has 0 unspecified atom stereocenters. The van der Waals surface area contributed by atoms with Crippen molar-refractivity contribution in [3.63, 3.8) is 0 Å². The summed E-state index contributed by atoms with van der Waals surface area (Å²) in [5.41, 5.74) is 0.942. The molecule has 0 aliphatic heterocycles. The van der Waals surface area contributed by atoms with E-state index < -0.39 is 5.91 Å². The van der Waals surface area contributed by atoms with Crippen molar-refractivity contribution in [2.45, 2.75) is 6.92 Å². The lowest BCUT2D eigenvalue weighted by molar-refractivity contribution is -0.112. The Morgan fingerprint density at radius 3 is 2.79 bits per heavy atom. The third-order valence-corrected chi connectivity index (χ3v) is 3.03. The summed E-state index contributed by atoms with van der Waals surface area (Å²) in [5.74, 6) is 0.0745. The largest absolute Gasteiger partial charge is 0.508 e. The number of phenols is 1. The number of phenolic OH excluding ortho intramolecular Hbond substituents is 1. The second-order valence-corrected chi connectivity index (χ2v) is 4.75. The van der Waals surface area contributed by atoms with Crippen LogP contribution < -0.4 is 15.4 Å². The lowest BCUT2D eigenvalue weighted by Crippen LogP contribution is -2.14. The Kier molecular flexibility index (Phi) is 5.81. The van der Waals surface area contributed by atoms with E-state index in [9.17, 15) is 15.2 Å². The van der Waals surface area contributed by atoms with Crippen LogP contribution in [-0.4, -0.2) is 17.6 Å². The predicted octanol–water partition coefficient (Wildman–Crippen LogP) is 3.25. The maximum atomic E-state index is 12.1. The molecule has 0 saturated heterocycles. The van der Waals surface area contributed by atoms with Crippen molar-refractivity contribution in [1.29, 1.82) is 5.26 Å². The molecular weight excluding hydrogens is 306 g/mol. The molecule has 0 aliphatic carbocycles. The van der Waals surface area contributed by atoms with Gasteiger partial charge in [-0.2, -0.15) is 5.26 Å². The minimum atomic E-state index is -0.579. The number of nitriles is 1. The molecule has 2 aromatic rings. The van der Waals surface area contributed by atoms with Crippen molar-refractivity contribution in [3.05, 3.63) is 60.3 Å². The molecule has 0 aromatic heterocycles.